The molecule has 0 bridgehead atoms. The van der Waals surface area contributed by atoms with Crippen molar-refractivity contribution in [3.8, 4) is 0 Å². The summed E-state index contributed by atoms with van der Waals surface area (Å²) in [7, 11) is 0. The molecule has 4 nitrogen and oxygen atoms in total. The quantitative estimate of drug-likeness (QED) is 0.672. The molecule has 0 aromatic heterocycles. The molecule has 1 saturated carbocycles. The molecule has 0 aliphatic heterocycles. The van der Waals surface area contributed by atoms with E-state index >= 15 is 0 Å². The van der Waals surface area contributed by atoms with Gasteiger partial charge in [0.05, 0.1) is 6.42 Å². The Kier molecular flexibility index (Phi) is 7.92. The van der Waals surface area contributed by atoms with Gasteiger partial charge in [0, 0.05) is 17.6 Å². The van der Waals surface area contributed by atoms with Crippen molar-refractivity contribution in [3.63, 3.8) is 0 Å². The Bertz CT molecular complexity index is 877. The first-order chi connectivity index (χ1) is 14.4. The lowest BCUT2D eigenvalue weighted by Gasteiger charge is -2.31. The number of nitrogens with one attached hydrogen (secondary N) is 1. The molecule has 2 aromatic rings. The lowest BCUT2D eigenvalue weighted by molar-refractivity contribution is -0.140. The minimum Gasteiger partial charge on any atom is -0.352 e. The highest BCUT2D eigenvalue weighted by molar-refractivity contribution is 6.30. The van der Waals surface area contributed by atoms with Gasteiger partial charge in [0.2, 0.25) is 11.8 Å². The molecule has 160 valence electrons. The average Bonchev–Trinajstić information content (AvgIpc) is 2.72. The smallest absolute Gasteiger partial charge is 0.242 e. The number of hydrogen-bond acceptors (Lipinski definition) is 2. The number of benzene rings is 2. The zero-order chi connectivity index (χ0) is 21.5. The topological polar surface area (TPSA) is 49.4 Å². The highest BCUT2D eigenvalue weighted by Crippen LogP contribution is 2.19. The number of nitrogens with zero attached hydrogens (tertiary/aromatic N) is 1. The molecule has 1 aliphatic rings. The Morgan fingerprint density at radius 1 is 1.07 bits per heavy atom. The summed E-state index contributed by atoms with van der Waals surface area (Å²) in [4.78, 5) is 27.9. The van der Waals surface area contributed by atoms with Gasteiger partial charge in [-0.15, -0.1) is 0 Å². The number of amides is 2. The van der Waals surface area contributed by atoms with Gasteiger partial charge in [-0.25, -0.2) is 0 Å². The van der Waals surface area contributed by atoms with Crippen LogP contribution in [0.25, 0.3) is 0 Å². The molecule has 0 heterocycles. The minimum absolute atomic E-state index is 0.0750. The van der Waals surface area contributed by atoms with E-state index in [1.165, 1.54) is 6.42 Å². The first kappa shape index (κ1) is 22.4. The molecule has 30 heavy (non-hydrogen) atoms. The fraction of sp³-hybridized carbons (Fsp3) is 0.440. The Labute approximate surface area is 184 Å². The van der Waals surface area contributed by atoms with Crippen LogP contribution in [-0.2, 0) is 22.6 Å². The van der Waals surface area contributed by atoms with Gasteiger partial charge in [-0.05, 0) is 49.9 Å². The maximum absolute atomic E-state index is 13.3. The minimum atomic E-state index is -0.542. The Morgan fingerprint density at radius 2 is 1.77 bits per heavy atom. The van der Waals surface area contributed by atoms with Crippen molar-refractivity contribution in [3.05, 3.63) is 70.2 Å². The van der Waals surface area contributed by atoms with Crippen molar-refractivity contribution in [1.82, 2.24) is 10.2 Å². The first-order valence-electron chi connectivity index (χ1n) is 10.8. The highest BCUT2D eigenvalue weighted by atomic mass is 35.5. The number of halogens is 1. The van der Waals surface area contributed by atoms with Gasteiger partial charge in [0.15, 0.2) is 0 Å². The van der Waals surface area contributed by atoms with E-state index in [0.717, 1.165) is 42.4 Å². The molecule has 2 amide bonds. The SMILES string of the molecule is Cc1cccc(CN(C(=O)Cc2cccc(Cl)c2)[C@H](C)C(=O)NC2CCCCC2)c1. The molecule has 1 atom stereocenters. The summed E-state index contributed by atoms with van der Waals surface area (Å²) in [5.41, 5.74) is 3.00. The molecule has 1 fully saturated rings. The maximum Gasteiger partial charge on any atom is 0.242 e. The number of rotatable bonds is 7. The monoisotopic (exact) mass is 426 g/mol. The summed E-state index contributed by atoms with van der Waals surface area (Å²) in [6.07, 6.45) is 5.80. The van der Waals surface area contributed by atoms with E-state index in [0.29, 0.717) is 11.6 Å². The van der Waals surface area contributed by atoms with Crippen LogP contribution < -0.4 is 5.32 Å². The Hall–Kier alpha value is -2.33. The molecule has 0 saturated heterocycles. The standard InChI is InChI=1S/C25H31ClN2O2/c1-18-8-6-10-21(14-18)17-28(24(29)16-20-9-7-11-22(26)15-20)19(2)25(30)27-23-12-4-3-5-13-23/h6-11,14-15,19,23H,3-5,12-13,16-17H2,1-2H3,(H,27,30)/t19-/m1/s1. The predicted octanol–water partition coefficient (Wildman–Crippen LogP) is 5.06. The molecular weight excluding hydrogens is 396 g/mol. The van der Waals surface area contributed by atoms with Crippen molar-refractivity contribution in [1.29, 1.82) is 0 Å². The maximum atomic E-state index is 13.3. The van der Waals surface area contributed by atoms with Crippen molar-refractivity contribution in [2.75, 3.05) is 0 Å². The zero-order valence-electron chi connectivity index (χ0n) is 17.9. The van der Waals surface area contributed by atoms with Crippen molar-refractivity contribution >= 4 is 23.4 Å². The van der Waals surface area contributed by atoms with E-state index in [2.05, 4.69) is 11.4 Å². The van der Waals surface area contributed by atoms with E-state index in [9.17, 15) is 9.59 Å². The summed E-state index contributed by atoms with van der Waals surface area (Å²) in [6, 6.07) is 15.1. The molecule has 1 N–H and O–H groups in total. The summed E-state index contributed by atoms with van der Waals surface area (Å²) >= 11 is 6.09. The second-order valence-corrected chi connectivity index (χ2v) is 8.77. The van der Waals surface area contributed by atoms with E-state index in [1.807, 2.05) is 44.2 Å². The third kappa shape index (κ3) is 6.33. The van der Waals surface area contributed by atoms with Gasteiger partial charge in [-0.2, -0.15) is 0 Å². The van der Waals surface area contributed by atoms with Crippen LogP contribution in [0.1, 0.15) is 55.7 Å². The normalized spacial score (nSPS) is 15.4. The number of carbonyl (C=O) groups is 2. The van der Waals surface area contributed by atoms with Crippen molar-refractivity contribution in [2.45, 2.75) is 71.0 Å². The predicted molar refractivity (Wildman–Crippen MR) is 121 cm³/mol. The van der Waals surface area contributed by atoms with Crippen LogP contribution in [0.15, 0.2) is 48.5 Å². The number of carbonyl (C=O) groups excluding carboxylic acids is 2. The summed E-state index contributed by atoms with van der Waals surface area (Å²) in [6.45, 7) is 4.25. The van der Waals surface area contributed by atoms with E-state index in [-0.39, 0.29) is 24.3 Å². The third-order valence-electron chi connectivity index (χ3n) is 5.80. The van der Waals surface area contributed by atoms with Crippen LogP contribution >= 0.6 is 11.6 Å². The van der Waals surface area contributed by atoms with Crippen LogP contribution in [-0.4, -0.2) is 28.8 Å². The molecule has 0 spiro atoms. The largest absolute Gasteiger partial charge is 0.352 e. The van der Waals surface area contributed by atoms with Crippen LogP contribution in [0.4, 0.5) is 0 Å². The van der Waals surface area contributed by atoms with Gasteiger partial charge < -0.3 is 10.2 Å². The summed E-state index contributed by atoms with van der Waals surface area (Å²) in [5, 5.41) is 3.78. The lowest BCUT2D eigenvalue weighted by Crippen LogP contribution is -2.50. The van der Waals surface area contributed by atoms with Crippen LogP contribution in [0, 0.1) is 6.92 Å². The second kappa shape index (κ2) is 10.6. The third-order valence-corrected chi connectivity index (χ3v) is 6.03. The number of hydrogen-bond donors (Lipinski definition) is 1. The molecule has 2 aromatic carbocycles. The summed E-state index contributed by atoms with van der Waals surface area (Å²) < 4.78 is 0. The molecule has 0 radical (unpaired) electrons. The Morgan fingerprint density at radius 3 is 2.47 bits per heavy atom. The lowest BCUT2D eigenvalue weighted by atomic mass is 9.95. The van der Waals surface area contributed by atoms with E-state index in [4.69, 9.17) is 11.6 Å². The Balaban J connectivity index is 1.76. The summed E-state index contributed by atoms with van der Waals surface area (Å²) in [5.74, 6) is -0.154. The molecule has 1 aliphatic carbocycles. The second-order valence-electron chi connectivity index (χ2n) is 8.34. The van der Waals surface area contributed by atoms with Gasteiger partial charge in [0.25, 0.3) is 0 Å². The molecule has 3 rings (SSSR count). The van der Waals surface area contributed by atoms with Crippen LogP contribution in [0.2, 0.25) is 5.02 Å². The number of aryl methyl sites for hydroxylation is 1. The molecule has 0 unspecified atom stereocenters. The van der Waals surface area contributed by atoms with Gasteiger partial charge in [-0.3, -0.25) is 9.59 Å². The molecule has 5 heteroatoms. The van der Waals surface area contributed by atoms with E-state index < -0.39 is 6.04 Å². The van der Waals surface area contributed by atoms with Crippen LogP contribution in [0.3, 0.4) is 0 Å². The highest BCUT2D eigenvalue weighted by Gasteiger charge is 2.28. The van der Waals surface area contributed by atoms with E-state index in [1.54, 1.807) is 17.0 Å². The fourth-order valence-corrected chi connectivity index (χ4v) is 4.29. The average molecular weight is 427 g/mol. The first-order valence-corrected chi connectivity index (χ1v) is 11.2. The van der Waals surface area contributed by atoms with Crippen molar-refractivity contribution < 1.29 is 9.59 Å². The van der Waals surface area contributed by atoms with Gasteiger partial charge in [-0.1, -0.05) is 72.8 Å². The molecular formula is C25H31ClN2O2. The zero-order valence-corrected chi connectivity index (χ0v) is 18.6. The van der Waals surface area contributed by atoms with Gasteiger partial charge in [0.1, 0.15) is 6.04 Å². The van der Waals surface area contributed by atoms with Crippen molar-refractivity contribution in [2.24, 2.45) is 0 Å². The van der Waals surface area contributed by atoms with Crippen LogP contribution in [0.5, 0.6) is 0 Å². The van der Waals surface area contributed by atoms with Gasteiger partial charge >= 0.3 is 0 Å². The fourth-order valence-electron chi connectivity index (χ4n) is 4.08.